The fourth-order valence-electron chi connectivity index (χ4n) is 12.6. The van der Waals surface area contributed by atoms with Gasteiger partial charge in [0.15, 0.2) is 47.4 Å². The number of ether oxygens (including phenoxy) is 3. The average molecular weight is 1480 g/mol. The Hall–Kier alpha value is -6.11. The first-order valence-electron chi connectivity index (χ1n) is 35.3. The molecule has 0 bridgehead atoms. The Kier molecular flexibility index (Phi) is 31.4. The van der Waals surface area contributed by atoms with E-state index in [1.54, 1.807) is 38.1 Å². The van der Waals surface area contributed by atoms with Crippen LogP contribution in [0, 0.1) is 5.92 Å². The molecule has 0 spiro atoms. The monoisotopic (exact) mass is 1480 g/mol. The number of urea groups is 1. The maximum absolute atomic E-state index is 17.6. The number of aromatic nitrogens is 8. The van der Waals surface area contributed by atoms with Crippen LogP contribution in [0.2, 0.25) is 0 Å². The lowest BCUT2D eigenvalue weighted by molar-refractivity contribution is -0.151. The SMILES string of the molecule is CCCCCCCCCCCCCC(=O)OC(CCCCCCCCCCC)CC(=O)N[C@H](C(=O)N[C@@H](CCCNC(N)=O)C(=O)Nc1ccc(CSP2(=O)OC[C@H]3O[C@@H](n4cnc5c(N)ncnc54)[C@H](F)[C@@H]3OP(=O)(S)OC[C@H]3O[C@@H](n4cnc5c(O)ncnc54)[C@H](F)[C@@H]32)cc1)C(C)C. The van der Waals surface area contributed by atoms with Crippen molar-refractivity contribution in [3.63, 3.8) is 0 Å². The van der Waals surface area contributed by atoms with Crippen molar-refractivity contribution < 1.29 is 74.8 Å². The Morgan fingerprint density at radius 1 is 0.710 bits per heavy atom. The Morgan fingerprint density at radius 3 is 1.91 bits per heavy atom. The lowest BCUT2D eigenvalue weighted by Crippen LogP contribution is -2.55. The van der Waals surface area contributed by atoms with Gasteiger partial charge in [-0.05, 0) is 55.7 Å². The summed E-state index contributed by atoms with van der Waals surface area (Å²) >= 11 is 4.88. The van der Waals surface area contributed by atoms with Gasteiger partial charge >= 0.3 is 18.8 Å². The standard InChI is InChI=1S/C66H100F2N14O14P2S2/c1-5-7-9-11-13-15-16-18-20-22-24-28-50(84)93-45(26-23-21-19-17-14-12-10-8-6-2)34-49(83)80-53(42(3)4)63(87)79-46(27-25-33-71-66(70)88)61(85)78-44-31-29-43(30-32-44)37-100-97(89)57-48(95-65(52(57)68)82-41-77-55-60(82)74-39-75-62(55)86)36-92-98(90,99)96-56-47(35-91-97)94-64(51(56)67)81-40-76-54-58(69)72-38-73-59(54)81/h29-32,38-42,45-48,51-53,56-57,64-65H,5-28,33-37H2,1-4H3,(H,78,85)(H,79,87)(H,80,83)(H,90,99)(H2,69,72,73)(H3,70,71,88)(H,74,75,86)/t45?,46-,47+,48+,51+,52+,53-,56+,57+,64+,65+,97?,98?/m0/s1. The van der Waals surface area contributed by atoms with E-state index in [9.17, 15) is 33.6 Å². The lowest BCUT2D eigenvalue weighted by atomic mass is 10.0. The quantitative estimate of drug-likeness (QED) is 0.00781. The van der Waals surface area contributed by atoms with Gasteiger partial charge in [0.2, 0.25) is 23.6 Å². The van der Waals surface area contributed by atoms with E-state index in [1.807, 2.05) is 0 Å². The van der Waals surface area contributed by atoms with E-state index < -0.39 is 129 Å². The number of thiol groups is 1. The van der Waals surface area contributed by atoms with Crippen LogP contribution >= 0.6 is 37.0 Å². The highest BCUT2D eigenvalue weighted by Crippen LogP contribution is 2.70. The van der Waals surface area contributed by atoms with E-state index in [2.05, 4.69) is 77.3 Å². The number of alkyl halides is 2. The van der Waals surface area contributed by atoms with Crippen LogP contribution < -0.4 is 32.7 Å². The number of benzene rings is 1. The maximum Gasteiger partial charge on any atom is 0.386 e. The number of imidazole rings is 2. The third-order valence-corrected chi connectivity index (χ3v) is 24.9. The van der Waals surface area contributed by atoms with E-state index in [-0.39, 0.29) is 77.8 Å². The summed E-state index contributed by atoms with van der Waals surface area (Å²) in [4.78, 5) is 91.9. The molecule has 0 aliphatic carbocycles. The van der Waals surface area contributed by atoms with Gasteiger partial charge in [0.1, 0.15) is 54.2 Å². The molecule has 9 N–H and O–H groups in total. The normalized spacial score (nSPS) is 24.0. The van der Waals surface area contributed by atoms with Crippen molar-refractivity contribution >= 4 is 101 Å². The zero-order valence-corrected chi connectivity index (χ0v) is 61.0. The van der Waals surface area contributed by atoms with E-state index in [0.29, 0.717) is 29.8 Å². The molecule has 5 aromatic rings. The van der Waals surface area contributed by atoms with Gasteiger partial charge in [-0.2, -0.15) is 4.98 Å². The minimum Gasteiger partial charge on any atom is -0.492 e. The molecule has 8 rings (SSSR count). The summed E-state index contributed by atoms with van der Waals surface area (Å²) in [7, 11) is 0. The van der Waals surface area contributed by atoms with Crippen molar-refractivity contribution in [2.24, 2.45) is 11.7 Å². The Labute approximate surface area is 591 Å². The number of carbonyl (C=O) groups is 5. The van der Waals surface area contributed by atoms with E-state index in [0.717, 1.165) is 63.9 Å². The van der Waals surface area contributed by atoms with Crippen LogP contribution in [-0.4, -0.2) is 148 Å². The smallest absolute Gasteiger partial charge is 0.386 e. The van der Waals surface area contributed by atoms with Gasteiger partial charge in [0.05, 0.1) is 38.4 Å². The number of fused-ring (bicyclic) bond motifs is 4. The largest absolute Gasteiger partial charge is 0.492 e. The molecule has 3 fully saturated rings. The van der Waals surface area contributed by atoms with Gasteiger partial charge < -0.3 is 56.6 Å². The van der Waals surface area contributed by atoms with E-state index >= 15 is 13.3 Å². The molecule has 1 aromatic carbocycles. The van der Waals surface area contributed by atoms with Crippen LogP contribution in [-0.2, 0) is 61.8 Å². The lowest BCUT2D eigenvalue weighted by Gasteiger charge is -2.28. The molecule has 100 heavy (non-hydrogen) atoms. The van der Waals surface area contributed by atoms with Gasteiger partial charge in [-0.15, -0.1) is 0 Å². The Bertz CT molecular complexity index is 3550. The van der Waals surface area contributed by atoms with Gasteiger partial charge in [0.25, 0.3) is 6.57 Å². The number of nitrogens with one attached hydrogen (secondary N) is 4. The average Bonchev–Trinajstić information content (AvgIpc) is 1.60. The first-order chi connectivity index (χ1) is 48.1. The number of carbonyl (C=O) groups excluding carboxylic acids is 5. The number of esters is 1. The van der Waals surface area contributed by atoms with Gasteiger partial charge in [-0.1, -0.05) is 179 Å². The summed E-state index contributed by atoms with van der Waals surface area (Å²) in [5.74, 6) is -3.22. The predicted octanol–water partition coefficient (Wildman–Crippen LogP) is 12.3. The molecule has 3 saturated heterocycles. The summed E-state index contributed by atoms with van der Waals surface area (Å²) in [6.07, 6.45) is 14.8. The minimum absolute atomic E-state index is 0.00112. The zero-order valence-electron chi connectivity index (χ0n) is 57.5. The highest BCUT2D eigenvalue weighted by atomic mass is 32.7. The predicted molar refractivity (Wildman–Crippen MR) is 378 cm³/mol. The van der Waals surface area contributed by atoms with Crippen LogP contribution in [0.5, 0.6) is 5.88 Å². The summed E-state index contributed by atoms with van der Waals surface area (Å²) < 4.78 is 103. The molecule has 3 unspecified atom stereocenters. The molecule has 4 aromatic heterocycles. The van der Waals surface area contributed by atoms with Crippen molar-refractivity contribution in [1.29, 1.82) is 0 Å². The third kappa shape index (κ3) is 22.9. The number of hydrogen-bond donors (Lipinski definition) is 8. The molecule has 554 valence electrons. The first kappa shape index (κ1) is 79.6. The number of amides is 5. The fraction of sp³-hybridized carbons (Fsp3) is 0.682. The molecular weight excluding hydrogens is 1380 g/mol. The second-order valence-electron chi connectivity index (χ2n) is 26.2. The molecule has 13 atom stereocenters. The van der Waals surface area contributed by atoms with Gasteiger partial charge in [-0.3, -0.25) is 41.9 Å². The number of nitrogens with two attached hydrogens (primary N) is 2. The zero-order chi connectivity index (χ0) is 71.8. The number of nitrogens with zero attached hydrogens (tertiary/aromatic N) is 8. The Balaban J connectivity index is 0.934. The molecule has 28 nitrogen and oxygen atoms in total. The topological polar surface area (TPSA) is 382 Å². The molecule has 0 saturated carbocycles. The number of aromatic hydroxyl groups is 1. The number of hydrogen-bond acceptors (Lipinski definition) is 22. The molecule has 3 aliphatic rings. The number of primary amides is 1. The molecule has 7 heterocycles. The van der Waals surface area contributed by atoms with Crippen molar-refractivity contribution in [3.8, 4) is 5.88 Å². The summed E-state index contributed by atoms with van der Waals surface area (Å²) in [6.45, 7) is -2.63. The second-order valence-corrected chi connectivity index (χ2v) is 33.9. The summed E-state index contributed by atoms with van der Waals surface area (Å²) in [5, 5.41) is 21.4. The highest BCUT2D eigenvalue weighted by Gasteiger charge is 2.59. The third-order valence-electron chi connectivity index (χ3n) is 18.1. The van der Waals surface area contributed by atoms with Crippen molar-refractivity contribution in [2.45, 2.75) is 261 Å². The Morgan fingerprint density at radius 2 is 1.28 bits per heavy atom. The summed E-state index contributed by atoms with van der Waals surface area (Å²) in [5.41, 5.74) is 10.5. The van der Waals surface area contributed by atoms with Crippen molar-refractivity contribution in [3.05, 3.63) is 55.1 Å². The molecular formula is C66H100F2N14O14P2S2. The number of nitrogen functional groups attached to an aromatic ring is 1. The first-order valence-corrected chi connectivity index (χ1v) is 41.2. The molecule has 5 amide bonds. The fourth-order valence-corrected chi connectivity index (χ4v) is 19.1. The minimum atomic E-state index is -4.59. The summed E-state index contributed by atoms with van der Waals surface area (Å²) in [6, 6.07) is 3.21. The van der Waals surface area contributed by atoms with Crippen LogP contribution in [0.4, 0.5) is 25.1 Å². The second kappa shape index (κ2) is 39.5. The molecule has 3 aliphatic heterocycles. The van der Waals surface area contributed by atoms with Crippen LogP contribution in [0.15, 0.2) is 49.6 Å². The number of rotatable bonds is 40. The number of anilines is 2. The van der Waals surface area contributed by atoms with Crippen molar-refractivity contribution in [2.75, 3.05) is 30.8 Å². The van der Waals surface area contributed by atoms with Crippen LogP contribution in [0.1, 0.15) is 206 Å². The maximum atomic E-state index is 17.6. The van der Waals surface area contributed by atoms with Crippen molar-refractivity contribution in [1.82, 2.24) is 55.0 Å². The van der Waals surface area contributed by atoms with Crippen LogP contribution in [0.25, 0.3) is 22.3 Å². The number of halogens is 2. The van der Waals surface area contributed by atoms with Gasteiger partial charge in [-0.25, -0.2) is 43.1 Å². The molecule has 0 radical (unpaired) electrons. The highest BCUT2D eigenvalue weighted by molar-refractivity contribution is 8.56. The molecule has 34 heteroatoms. The van der Waals surface area contributed by atoms with E-state index in [4.69, 9.17) is 39.2 Å². The van der Waals surface area contributed by atoms with Gasteiger partial charge in [0, 0.05) is 24.4 Å². The number of unbranched alkanes of at least 4 members (excludes halogenated alkanes) is 18. The van der Waals surface area contributed by atoms with Crippen LogP contribution in [0.3, 0.4) is 0 Å². The van der Waals surface area contributed by atoms with E-state index in [1.165, 1.54) is 92.5 Å².